The number of aromatic nitrogens is 1. The van der Waals surface area contributed by atoms with Crippen molar-refractivity contribution in [3.8, 4) is 0 Å². The topological polar surface area (TPSA) is 24.9 Å². The number of nitrogens with one attached hydrogen (secondary N) is 1. The first-order valence-electron chi connectivity index (χ1n) is 6.48. The molecule has 0 aliphatic heterocycles. The van der Waals surface area contributed by atoms with Crippen LogP contribution in [-0.4, -0.2) is 18.1 Å². The lowest BCUT2D eigenvalue weighted by molar-refractivity contribution is 0.385. The van der Waals surface area contributed by atoms with Gasteiger partial charge in [-0.2, -0.15) is 0 Å². The van der Waals surface area contributed by atoms with Gasteiger partial charge in [0.1, 0.15) is 0 Å². The van der Waals surface area contributed by atoms with Crippen LogP contribution in [0.15, 0.2) is 36.0 Å². The Morgan fingerprint density at radius 2 is 2.06 bits per heavy atom. The maximum Gasteiger partial charge on any atom is 0.0794 e. The molecule has 3 rings (SSSR count). The fourth-order valence-electron chi connectivity index (χ4n) is 2.94. The number of hydrogen-bond donors (Lipinski definition) is 1. The van der Waals surface area contributed by atoms with E-state index in [-0.39, 0.29) is 0 Å². The summed E-state index contributed by atoms with van der Waals surface area (Å²) < 4.78 is 0. The van der Waals surface area contributed by atoms with Crippen LogP contribution in [0.25, 0.3) is 0 Å². The van der Waals surface area contributed by atoms with Crippen molar-refractivity contribution in [1.29, 1.82) is 0 Å². The van der Waals surface area contributed by atoms with Crippen molar-refractivity contribution in [3.63, 3.8) is 0 Å². The number of nitrogens with zero attached hydrogens (tertiary/aromatic N) is 1. The lowest BCUT2D eigenvalue weighted by Gasteiger charge is -2.22. The maximum absolute atomic E-state index is 4.17. The summed E-state index contributed by atoms with van der Waals surface area (Å²) in [5, 5.41) is 3.50. The Hall–Kier alpha value is -1.19. The van der Waals surface area contributed by atoms with Gasteiger partial charge in [0.15, 0.2) is 0 Å². The van der Waals surface area contributed by atoms with Crippen LogP contribution in [0.1, 0.15) is 16.0 Å². The fourth-order valence-corrected chi connectivity index (χ4v) is 3.60. The molecule has 0 amide bonds. The summed E-state index contributed by atoms with van der Waals surface area (Å²) in [5.41, 5.74) is 4.99. The van der Waals surface area contributed by atoms with E-state index < -0.39 is 0 Å². The molecule has 1 aromatic heterocycles. The molecule has 1 aliphatic carbocycles. The van der Waals surface area contributed by atoms with E-state index in [1.807, 2.05) is 11.7 Å². The van der Waals surface area contributed by atoms with Gasteiger partial charge in [0, 0.05) is 17.1 Å². The van der Waals surface area contributed by atoms with Gasteiger partial charge in [0.25, 0.3) is 0 Å². The highest BCUT2D eigenvalue weighted by atomic mass is 32.1. The van der Waals surface area contributed by atoms with E-state index >= 15 is 0 Å². The molecular weight excluding hydrogens is 240 g/mol. The third kappa shape index (κ3) is 2.33. The third-order valence-electron chi connectivity index (χ3n) is 3.93. The Morgan fingerprint density at radius 3 is 2.61 bits per heavy atom. The van der Waals surface area contributed by atoms with Crippen molar-refractivity contribution in [2.24, 2.45) is 5.92 Å². The van der Waals surface area contributed by atoms with Crippen LogP contribution in [-0.2, 0) is 19.3 Å². The molecule has 2 aromatic rings. The Kier molecular flexibility index (Phi) is 3.43. The zero-order valence-corrected chi connectivity index (χ0v) is 11.4. The van der Waals surface area contributed by atoms with Gasteiger partial charge in [-0.15, -0.1) is 11.3 Å². The number of hydrogen-bond acceptors (Lipinski definition) is 3. The normalized spacial score (nSPS) is 16.7. The van der Waals surface area contributed by atoms with Crippen LogP contribution in [0.3, 0.4) is 0 Å². The Balaban J connectivity index is 1.71. The third-order valence-corrected chi connectivity index (χ3v) is 4.73. The summed E-state index contributed by atoms with van der Waals surface area (Å²) in [6.07, 6.45) is 5.51. The molecule has 1 aliphatic rings. The van der Waals surface area contributed by atoms with Gasteiger partial charge < -0.3 is 5.32 Å². The molecule has 3 heteroatoms. The summed E-state index contributed by atoms with van der Waals surface area (Å²) in [6, 6.07) is 9.40. The highest BCUT2D eigenvalue weighted by Gasteiger charge is 2.27. The van der Waals surface area contributed by atoms with Gasteiger partial charge in [-0.1, -0.05) is 24.3 Å². The van der Waals surface area contributed by atoms with Crippen molar-refractivity contribution in [3.05, 3.63) is 52.0 Å². The summed E-state index contributed by atoms with van der Waals surface area (Å²) in [5.74, 6) is 0.717. The van der Waals surface area contributed by atoms with Crippen molar-refractivity contribution in [2.75, 3.05) is 7.05 Å². The first kappa shape index (κ1) is 11.9. The molecule has 0 saturated heterocycles. The Morgan fingerprint density at radius 1 is 1.33 bits per heavy atom. The predicted octanol–water partition coefficient (Wildman–Crippen LogP) is 2.69. The Labute approximate surface area is 112 Å². The number of thiazole rings is 1. The molecule has 0 spiro atoms. The molecule has 1 N–H and O–H groups in total. The molecule has 94 valence electrons. The molecule has 1 unspecified atom stereocenters. The average molecular weight is 258 g/mol. The second kappa shape index (κ2) is 5.21. The Bertz CT molecular complexity index is 479. The van der Waals surface area contributed by atoms with Gasteiger partial charge in [-0.05, 0) is 43.4 Å². The smallest absolute Gasteiger partial charge is 0.0794 e. The van der Waals surface area contributed by atoms with Crippen LogP contribution >= 0.6 is 11.3 Å². The summed E-state index contributed by atoms with van der Waals surface area (Å²) in [4.78, 5) is 5.55. The molecule has 18 heavy (non-hydrogen) atoms. The molecule has 2 nitrogen and oxygen atoms in total. The second-order valence-electron chi connectivity index (χ2n) is 5.00. The van der Waals surface area contributed by atoms with E-state index in [2.05, 4.69) is 41.6 Å². The molecule has 0 saturated carbocycles. The highest BCUT2D eigenvalue weighted by molar-refractivity contribution is 7.09. The van der Waals surface area contributed by atoms with Crippen molar-refractivity contribution >= 4 is 11.3 Å². The minimum Gasteiger partial charge on any atom is -0.316 e. The summed E-state index contributed by atoms with van der Waals surface area (Å²) >= 11 is 1.76. The second-order valence-corrected chi connectivity index (χ2v) is 5.97. The first-order valence-corrected chi connectivity index (χ1v) is 7.36. The van der Waals surface area contributed by atoms with Crippen LogP contribution in [0, 0.1) is 5.92 Å². The van der Waals surface area contributed by atoms with E-state index in [0.717, 1.165) is 12.3 Å². The minimum absolute atomic E-state index is 0.554. The number of rotatable bonds is 4. The van der Waals surface area contributed by atoms with E-state index in [4.69, 9.17) is 0 Å². The molecule has 0 radical (unpaired) electrons. The molecule has 1 heterocycles. The van der Waals surface area contributed by atoms with Crippen LogP contribution in [0.5, 0.6) is 0 Å². The van der Waals surface area contributed by atoms with E-state index in [0.29, 0.717) is 6.04 Å². The van der Waals surface area contributed by atoms with Gasteiger partial charge in [0.2, 0.25) is 0 Å². The monoisotopic (exact) mass is 258 g/mol. The number of benzene rings is 1. The fraction of sp³-hybridized carbons (Fsp3) is 0.400. The van der Waals surface area contributed by atoms with E-state index in [1.165, 1.54) is 28.8 Å². The lowest BCUT2D eigenvalue weighted by Crippen LogP contribution is -2.35. The minimum atomic E-state index is 0.554. The van der Waals surface area contributed by atoms with E-state index in [9.17, 15) is 0 Å². The highest BCUT2D eigenvalue weighted by Crippen LogP contribution is 2.30. The summed E-state index contributed by atoms with van der Waals surface area (Å²) in [7, 11) is 2.08. The van der Waals surface area contributed by atoms with Crippen LogP contribution in [0.2, 0.25) is 0 Å². The predicted molar refractivity (Wildman–Crippen MR) is 76.0 cm³/mol. The lowest BCUT2D eigenvalue weighted by atomic mass is 9.94. The molecule has 1 aromatic carbocycles. The van der Waals surface area contributed by atoms with Crippen molar-refractivity contribution in [2.45, 2.75) is 25.3 Å². The van der Waals surface area contributed by atoms with Crippen molar-refractivity contribution < 1.29 is 0 Å². The van der Waals surface area contributed by atoms with Gasteiger partial charge in [-0.3, -0.25) is 4.98 Å². The summed E-state index contributed by atoms with van der Waals surface area (Å²) in [6.45, 7) is 0. The van der Waals surface area contributed by atoms with Crippen molar-refractivity contribution in [1.82, 2.24) is 10.3 Å². The molecule has 0 fully saturated rings. The number of fused-ring (bicyclic) bond motifs is 1. The standard InChI is InChI=1S/C15H18N2S/c1-16-15(8-14-9-17-10-18-14)13-6-11-4-2-3-5-12(11)7-13/h2-5,9-10,13,15-16H,6-8H2,1H3. The SMILES string of the molecule is CNC(Cc1cncs1)C1Cc2ccccc2C1. The molecular formula is C15H18N2S. The van der Waals surface area contributed by atoms with Crippen LogP contribution < -0.4 is 5.32 Å². The average Bonchev–Trinajstić information content (AvgIpc) is 3.04. The zero-order chi connectivity index (χ0) is 12.4. The van der Waals surface area contributed by atoms with Gasteiger partial charge >= 0.3 is 0 Å². The number of likely N-dealkylation sites (N-methyl/N-ethyl adjacent to an activating group) is 1. The molecule has 1 atom stereocenters. The quantitative estimate of drug-likeness (QED) is 0.912. The maximum atomic E-state index is 4.17. The zero-order valence-electron chi connectivity index (χ0n) is 10.6. The molecule has 0 bridgehead atoms. The van der Waals surface area contributed by atoms with E-state index in [1.54, 1.807) is 11.3 Å². The van der Waals surface area contributed by atoms with Gasteiger partial charge in [-0.25, -0.2) is 0 Å². The largest absolute Gasteiger partial charge is 0.316 e. The first-order chi connectivity index (χ1) is 8.86. The van der Waals surface area contributed by atoms with Crippen LogP contribution in [0.4, 0.5) is 0 Å². The van der Waals surface area contributed by atoms with Gasteiger partial charge in [0.05, 0.1) is 5.51 Å².